The molecular formula is C20H24N6O2. The van der Waals surface area contributed by atoms with Gasteiger partial charge in [0.05, 0.1) is 11.7 Å². The zero-order chi connectivity index (χ0) is 19.7. The molecule has 1 unspecified atom stereocenters. The molecule has 0 spiro atoms. The van der Waals surface area contributed by atoms with Crippen LogP contribution in [-0.4, -0.2) is 46.1 Å². The van der Waals surface area contributed by atoms with Gasteiger partial charge in [-0.15, -0.1) is 0 Å². The first-order valence-electron chi connectivity index (χ1n) is 9.48. The maximum atomic E-state index is 12.5. The number of hydrogen-bond donors (Lipinski definition) is 2. The lowest BCUT2D eigenvalue weighted by Crippen LogP contribution is -2.44. The van der Waals surface area contributed by atoms with Crippen molar-refractivity contribution < 1.29 is 9.21 Å². The lowest BCUT2D eigenvalue weighted by molar-refractivity contribution is -0.123. The van der Waals surface area contributed by atoms with Crippen LogP contribution >= 0.6 is 0 Å². The van der Waals surface area contributed by atoms with E-state index in [-0.39, 0.29) is 11.9 Å². The van der Waals surface area contributed by atoms with Crippen molar-refractivity contribution in [2.75, 3.05) is 6.54 Å². The quantitative estimate of drug-likeness (QED) is 0.849. The highest BCUT2D eigenvalue weighted by atomic mass is 16.3. The number of aromatic nitrogens is 2. The van der Waals surface area contributed by atoms with Crippen molar-refractivity contribution in [1.29, 1.82) is 0 Å². The van der Waals surface area contributed by atoms with Crippen LogP contribution in [0.5, 0.6) is 0 Å². The summed E-state index contributed by atoms with van der Waals surface area (Å²) in [5.74, 6) is 2.31. The third-order valence-electron chi connectivity index (χ3n) is 4.76. The molecule has 4 rings (SSSR count). The standard InChI is InChI=1S/C20H24N6O2/c1-12-11-13(2)26(25-12)18-9-8-17(23-20(27)15-5-4-10-21-15)22-19(24-18)16-7-6-14(3)28-16/h6-9,11,15,17,21H,4-5,10H2,1-3H3,(H,23,27)/t15-,17?/m1/s1. The molecule has 1 amide bonds. The van der Waals surface area contributed by atoms with Gasteiger partial charge in [-0.3, -0.25) is 4.79 Å². The van der Waals surface area contributed by atoms with Crippen molar-refractivity contribution in [3.63, 3.8) is 0 Å². The van der Waals surface area contributed by atoms with Gasteiger partial charge in [-0.1, -0.05) is 0 Å². The fraction of sp³-hybridized carbons (Fsp3) is 0.400. The van der Waals surface area contributed by atoms with Crippen molar-refractivity contribution in [1.82, 2.24) is 20.4 Å². The number of nitrogens with one attached hydrogen (secondary N) is 2. The Labute approximate surface area is 163 Å². The second-order valence-electron chi connectivity index (χ2n) is 7.13. The minimum Gasteiger partial charge on any atom is -0.458 e. The zero-order valence-electron chi connectivity index (χ0n) is 16.3. The predicted molar refractivity (Wildman–Crippen MR) is 107 cm³/mol. The molecule has 0 radical (unpaired) electrons. The maximum Gasteiger partial charge on any atom is 0.239 e. The lowest BCUT2D eigenvalue weighted by Gasteiger charge is -2.14. The van der Waals surface area contributed by atoms with E-state index in [1.165, 1.54) is 0 Å². The maximum absolute atomic E-state index is 12.5. The highest BCUT2D eigenvalue weighted by molar-refractivity contribution is 6.09. The second kappa shape index (κ2) is 7.55. The van der Waals surface area contributed by atoms with E-state index in [1.54, 1.807) is 4.68 Å². The van der Waals surface area contributed by atoms with Gasteiger partial charge < -0.3 is 15.1 Å². The van der Waals surface area contributed by atoms with Gasteiger partial charge in [0.1, 0.15) is 11.9 Å². The molecule has 1 fully saturated rings. The van der Waals surface area contributed by atoms with E-state index in [2.05, 4.69) is 25.7 Å². The molecule has 0 aromatic carbocycles. The molecule has 0 saturated carbocycles. The number of allylic oxidation sites excluding steroid dienone is 1. The predicted octanol–water partition coefficient (Wildman–Crippen LogP) is 1.86. The Kier molecular flexibility index (Phi) is 4.95. The topological polar surface area (TPSA) is 96.8 Å². The van der Waals surface area contributed by atoms with E-state index in [0.29, 0.717) is 17.4 Å². The average molecular weight is 380 g/mol. The van der Waals surface area contributed by atoms with Crippen molar-refractivity contribution >= 4 is 17.6 Å². The fourth-order valence-electron chi connectivity index (χ4n) is 3.41. The minimum absolute atomic E-state index is 0.0551. The van der Waals surface area contributed by atoms with E-state index in [1.807, 2.05) is 51.1 Å². The highest BCUT2D eigenvalue weighted by Gasteiger charge is 2.25. The molecule has 1 saturated heterocycles. The van der Waals surface area contributed by atoms with E-state index >= 15 is 0 Å². The Balaban J connectivity index is 1.67. The minimum atomic E-state index is -0.534. The zero-order valence-corrected chi connectivity index (χ0v) is 16.3. The number of furan rings is 1. The molecule has 8 heteroatoms. The van der Waals surface area contributed by atoms with Crippen molar-refractivity contribution in [2.45, 2.75) is 45.8 Å². The van der Waals surface area contributed by atoms with Gasteiger partial charge in [-0.25, -0.2) is 14.7 Å². The number of aliphatic imine (C=N–C) groups is 2. The second-order valence-corrected chi connectivity index (χ2v) is 7.13. The summed E-state index contributed by atoms with van der Waals surface area (Å²) < 4.78 is 7.49. The monoisotopic (exact) mass is 380 g/mol. The van der Waals surface area contributed by atoms with Crippen LogP contribution in [0.4, 0.5) is 0 Å². The van der Waals surface area contributed by atoms with Crippen molar-refractivity contribution in [3.05, 3.63) is 53.3 Å². The van der Waals surface area contributed by atoms with Gasteiger partial charge in [-0.05, 0) is 70.5 Å². The third kappa shape index (κ3) is 3.82. The molecule has 8 nitrogen and oxygen atoms in total. The Morgan fingerprint density at radius 1 is 1.32 bits per heavy atom. The number of hydrogen-bond acceptors (Lipinski definition) is 6. The molecule has 28 heavy (non-hydrogen) atoms. The Bertz CT molecular complexity index is 975. The molecule has 2 aromatic heterocycles. The first kappa shape index (κ1) is 18.4. The highest BCUT2D eigenvalue weighted by Crippen LogP contribution is 2.14. The summed E-state index contributed by atoms with van der Waals surface area (Å²) in [6, 6.07) is 5.52. The first-order valence-corrected chi connectivity index (χ1v) is 9.48. The molecule has 0 bridgehead atoms. The van der Waals surface area contributed by atoms with E-state index in [4.69, 9.17) is 4.42 Å². The fourth-order valence-corrected chi connectivity index (χ4v) is 3.41. The molecule has 2 aliphatic rings. The van der Waals surface area contributed by atoms with Crippen LogP contribution in [0.1, 0.15) is 35.7 Å². The third-order valence-corrected chi connectivity index (χ3v) is 4.76. The number of carbonyl (C=O) groups excluding carboxylic acids is 1. The Morgan fingerprint density at radius 3 is 2.82 bits per heavy atom. The smallest absolute Gasteiger partial charge is 0.239 e. The molecule has 146 valence electrons. The van der Waals surface area contributed by atoms with Crippen molar-refractivity contribution in [2.24, 2.45) is 9.98 Å². The van der Waals surface area contributed by atoms with Crippen LogP contribution in [-0.2, 0) is 4.79 Å². The van der Waals surface area contributed by atoms with Crippen molar-refractivity contribution in [3.8, 4) is 0 Å². The summed E-state index contributed by atoms with van der Waals surface area (Å²) in [7, 11) is 0. The van der Waals surface area contributed by atoms with Gasteiger partial charge in [-0.2, -0.15) is 5.10 Å². The lowest BCUT2D eigenvalue weighted by atomic mass is 10.2. The molecule has 4 heterocycles. The van der Waals surface area contributed by atoms with Gasteiger partial charge in [0.25, 0.3) is 0 Å². The Morgan fingerprint density at radius 2 is 2.18 bits per heavy atom. The largest absolute Gasteiger partial charge is 0.458 e. The summed E-state index contributed by atoms with van der Waals surface area (Å²) >= 11 is 0. The number of amidine groups is 1. The van der Waals surface area contributed by atoms with Crippen LogP contribution in [0.3, 0.4) is 0 Å². The normalized spacial score (nSPS) is 22.0. The number of aryl methyl sites for hydroxylation is 3. The molecule has 2 aliphatic heterocycles. The number of nitrogens with zero attached hydrogens (tertiary/aromatic N) is 4. The molecule has 2 aromatic rings. The average Bonchev–Trinajstić information content (AvgIpc) is 3.36. The molecular weight excluding hydrogens is 356 g/mol. The summed E-state index contributed by atoms with van der Waals surface area (Å²) in [5, 5.41) is 10.7. The van der Waals surface area contributed by atoms with Crippen LogP contribution in [0, 0.1) is 20.8 Å². The van der Waals surface area contributed by atoms with E-state index in [0.717, 1.165) is 36.5 Å². The summed E-state index contributed by atoms with van der Waals surface area (Å²) in [6.45, 7) is 6.65. The SMILES string of the molecule is Cc1cc(C)n(C2=NC(c3ccc(C)o3)=NC(NC(=O)[C@H]3CCCN3)C=C2)n1. The van der Waals surface area contributed by atoms with E-state index in [9.17, 15) is 4.79 Å². The van der Waals surface area contributed by atoms with Gasteiger partial charge in [0.2, 0.25) is 5.91 Å². The Hall–Kier alpha value is -3.00. The number of carbonyl (C=O) groups is 1. The number of rotatable bonds is 3. The van der Waals surface area contributed by atoms with E-state index < -0.39 is 6.17 Å². The molecule has 2 atom stereocenters. The van der Waals surface area contributed by atoms with Gasteiger partial charge in [0, 0.05) is 5.69 Å². The van der Waals surface area contributed by atoms with Crippen LogP contribution in [0.15, 0.2) is 44.8 Å². The summed E-state index contributed by atoms with van der Waals surface area (Å²) in [6.07, 6.45) is 4.96. The van der Waals surface area contributed by atoms with Gasteiger partial charge in [0.15, 0.2) is 17.4 Å². The van der Waals surface area contributed by atoms with Crippen LogP contribution < -0.4 is 10.6 Å². The van der Waals surface area contributed by atoms with Crippen LogP contribution in [0.2, 0.25) is 0 Å². The van der Waals surface area contributed by atoms with Gasteiger partial charge >= 0.3 is 0 Å². The first-order chi connectivity index (χ1) is 13.5. The summed E-state index contributed by atoms with van der Waals surface area (Å²) in [4.78, 5) is 21.8. The summed E-state index contributed by atoms with van der Waals surface area (Å²) in [5.41, 5.74) is 1.87. The molecule has 2 N–H and O–H groups in total. The van der Waals surface area contributed by atoms with Crippen LogP contribution in [0.25, 0.3) is 0 Å². The number of amides is 1. The molecule has 0 aliphatic carbocycles.